The number of nitrogens with zero attached hydrogens (tertiary/aromatic N) is 2. The molecule has 14 heavy (non-hydrogen) atoms. The molecule has 0 atom stereocenters. The van der Waals surface area contributed by atoms with Gasteiger partial charge in [0.2, 0.25) is 0 Å². The number of benzene rings is 1. The number of aromatic hydroxyl groups is 1. The van der Waals surface area contributed by atoms with Gasteiger partial charge >= 0.3 is 0 Å². The summed E-state index contributed by atoms with van der Waals surface area (Å²) >= 11 is 5.70. The number of aromatic nitrogens is 2. The zero-order chi connectivity index (χ0) is 10.1. The maximum Gasteiger partial charge on any atom is 0.143 e. The van der Waals surface area contributed by atoms with E-state index < -0.39 is 0 Å². The van der Waals surface area contributed by atoms with Crippen molar-refractivity contribution in [2.24, 2.45) is 0 Å². The lowest BCUT2D eigenvalue weighted by atomic mass is 10.2. The Balaban J connectivity index is 2.52. The van der Waals surface area contributed by atoms with E-state index in [9.17, 15) is 5.11 Å². The Morgan fingerprint density at radius 3 is 2.79 bits per heavy atom. The van der Waals surface area contributed by atoms with Crippen LogP contribution in [0.4, 0.5) is 5.69 Å². The van der Waals surface area contributed by atoms with Gasteiger partial charge in [0.15, 0.2) is 0 Å². The van der Waals surface area contributed by atoms with Gasteiger partial charge in [-0.05, 0) is 12.1 Å². The molecule has 0 radical (unpaired) electrons. The molecule has 0 spiro atoms. The second-order valence-electron chi connectivity index (χ2n) is 2.85. The van der Waals surface area contributed by atoms with Gasteiger partial charge in [-0.15, -0.1) is 0 Å². The molecule has 1 aromatic carbocycles. The van der Waals surface area contributed by atoms with Crippen LogP contribution >= 0.6 is 11.6 Å². The summed E-state index contributed by atoms with van der Waals surface area (Å²) in [6.45, 7) is 0. The van der Waals surface area contributed by atoms with Crippen LogP contribution in [0.1, 0.15) is 0 Å². The van der Waals surface area contributed by atoms with Crippen LogP contribution < -0.4 is 5.73 Å². The van der Waals surface area contributed by atoms with Crippen molar-refractivity contribution in [3.8, 4) is 11.4 Å². The van der Waals surface area contributed by atoms with E-state index in [2.05, 4.69) is 5.10 Å². The first kappa shape index (κ1) is 8.90. The van der Waals surface area contributed by atoms with Crippen molar-refractivity contribution >= 4 is 17.3 Å². The van der Waals surface area contributed by atoms with Crippen LogP contribution in [-0.4, -0.2) is 14.9 Å². The van der Waals surface area contributed by atoms with Crippen molar-refractivity contribution in [2.75, 3.05) is 5.73 Å². The van der Waals surface area contributed by atoms with E-state index in [4.69, 9.17) is 17.3 Å². The maximum absolute atomic E-state index is 9.57. The number of phenols is 1. The third-order valence-electron chi connectivity index (χ3n) is 1.80. The highest BCUT2D eigenvalue weighted by molar-refractivity contribution is 6.30. The zero-order valence-electron chi connectivity index (χ0n) is 7.18. The summed E-state index contributed by atoms with van der Waals surface area (Å²) in [5.41, 5.74) is 6.55. The molecule has 2 aromatic rings. The Hall–Kier alpha value is -1.68. The smallest absolute Gasteiger partial charge is 0.143 e. The molecule has 0 aliphatic heterocycles. The van der Waals surface area contributed by atoms with Crippen molar-refractivity contribution in [1.29, 1.82) is 0 Å². The fourth-order valence-corrected chi connectivity index (χ4v) is 1.30. The number of nitrogens with two attached hydrogens (primary N) is 1. The van der Waals surface area contributed by atoms with E-state index in [0.29, 0.717) is 16.4 Å². The van der Waals surface area contributed by atoms with Gasteiger partial charge in [0, 0.05) is 18.0 Å². The molecule has 5 heteroatoms. The molecule has 0 unspecified atom stereocenters. The van der Waals surface area contributed by atoms with Gasteiger partial charge in [-0.1, -0.05) is 11.6 Å². The number of hydrogen-bond acceptors (Lipinski definition) is 3. The van der Waals surface area contributed by atoms with E-state index in [0.717, 1.165) is 0 Å². The number of nitrogen functional groups attached to an aromatic ring is 1. The Bertz CT molecular complexity index is 467. The fourth-order valence-electron chi connectivity index (χ4n) is 1.17. The summed E-state index contributed by atoms with van der Waals surface area (Å²) in [7, 11) is 0. The molecule has 0 fully saturated rings. The molecular formula is C9H8ClN3O. The first-order chi connectivity index (χ1) is 6.66. The third-order valence-corrected chi connectivity index (χ3v) is 1.99. The highest BCUT2D eigenvalue weighted by Crippen LogP contribution is 2.24. The summed E-state index contributed by atoms with van der Waals surface area (Å²) in [5.74, 6) is 0.0739. The Morgan fingerprint density at radius 2 is 2.21 bits per heavy atom. The van der Waals surface area contributed by atoms with Crippen molar-refractivity contribution in [2.45, 2.75) is 0 Å². The van der Waals surface area contributed by atoms with E-state index in [-0.39, 0.29) is 5.75 Å². The van der Waals surface area contributed by atoms with Gasteiger partial charge in [-0.25, -0.2) is 4.68 Å². The molecule has 0 aliphatic carbocycles. The summed E-state index contributed by atoms with van der Waals surface area (Å²) in [6, 6.07) is 4.82. The van der Waals surface area contributed by atoms with Crippen LogP contribution in [0.2, 0.25) is 5.02 Å². The van der Waals surface area contributed by atoms with E-state index in [1.54, 1.807) is 18.3 Å². The maximum atomic E-state index is 9.57. The number of phenolic OH excluding ortho intramolecular Hbond substituents is 1. The average molecular weight is 210 g/mol. The average Bonchev–Trinajstić information content (AvgIpc) is 2.51. The second kappa shape index (κ2) is 3.23. The first-order valence-electron chi connectivity index (χ1n) is 3.96. The molecule has 4 nitrogen and oxygen atoms in total. The Morgan fingerprint density at radius 1 is 1.43 bits per heavy atom. The molecule has 0 bridgehead atoms. The minimum Gasteiger partial charge on any atom is -0.506 e. The predicted octanol–water partition coefficient (Wildman–Crippen LogP) is 1.81. The van der Waals surface area contributed by atoms with Crippen molar-refractivity contribution < 1.29 is 5.11 Å². The third kappa shape index (κ3) is 1.52. The van der Waals surface area contributed by atoms with Gasteiger partial charge in [0.1, 0.15) is 11.4 Å². The summed E-state index contributed by atoms with van der Waals surface area (Å²) in [6.07, 6.45) is 3.10. The highest BCUT2D eigenvalue weighted by Gasteiger charge is 2.04. The molecule has 72 valence electrons. The number of hydrogen-bond donors (Lipinski definition) is 2. The molecule has 1 heterocycles. The topological polar surface area (TPSA) is 64.1 Å². The molecule has 0 saturated heterocycles. The molecule has 3 N–H and O–H groups in total. The molecule has 0 aliphatic rings. The largest absolute Gasteiger partial charge is 0.506 e. The lowest BCUT2D eigenvalue weighted by molar-refractivity contribution is 0.471. The van der Waals surface area contributed by atoms with E-state index >= 15 is 0 Å². The van der Waals surface area contributed by atoms with Crippen LogP contribution in [0.25, 0.3) is 5.69 Å². The van der Waals surface area contributed by atoms with Crippen LogP contribution in [0, 0.1) is 0 Å². The SMILES string of the molecule is Nc1ccc(-n2cc(Cl)cn2)c(O)c1. The molecule has 1 aromatic heterocycles. The van der Waals surface area contributed by atoms with Crippen molar-refractivity contribution in [3.05, 3.63) is 35.6 Å². The van der Waals surface area contributed by atoms with Gasteiger partial charge in [0.25, 0.3) is 0 Å². The Kier molecular flexibility index (Phi) is 2.05. The molecular weight excluding hydrogens is 202 g/mol. The van der Waals surface area contributed by atoms with Gasteiger partial charge in [0.05, 0.1) is 11.2 Å². The summed E-state index contributed by atoms with van der Waals surface area (Å²) in [5, 5.41) is 14.0. The van der Waals surface area contributed by atoms with E-state index in [1.165, 1.54) is 16.9 Å². The van der Waals surface area contributed by atoms with Crippen LogP contribution in [0.3, 0.4) is 0 Å². The number of rotatable bonds is 1. The normalized spacial score (nSPS) is 10.4. The van der Waals surface area contributed by atoms with Gasteiger partial charge < -0.3 is 10.8 Å². The van der Waals surface area contributed by atoms with Gasteiger partial charge in [-0.2, -0.15) is 5.10 Å². The quantitative estimate of drug-likeness (QED) is 0.704. The number of anilines is 1. The lowest BCUT2D eigenvalue weighted by Crippen LogP contribution is -1.95. The second-order valence-corrected chi connectivity index (χ2v) is 3.29. The predicted molar refractivity (Wildman–Crippen MR) is 54.7 cm³/mol. The van der Waals surface area contributed by atoms with Gasteiger partial charge in [-0.3, -0.25) is 0 Å². The molecule has 2 rings (SSSR count). The fraction of sp³-hybridized carbons (Fsp3) is 0. The molecule has 0 saturated carbocycles. The van der Waals surface area contributed by atoms with Crippen molar-refractivity contribution in [1.82, 2.24) is 9.78 Å². The number of halogens is 1. The van der Waals surface area contributed by atoms with Crippen LogP contribution in [0.5, 0.6) is 5.75 Å². The summed E-state index contributed by atoms with van der Waals surface area (Å²) in [4.78, 5) is 0. The van der Waals surface area contributed by atoms with E-state index in [1.807, 2.05) is 0 Å². The first-order valence-corrected chi connectivity index (χ1v) is 4.33. The Labute approximate surface area is 85.5 Å². The standard InChI is InChI=1S/C9H8ClN3O/c10-6-4-12-13(5-6)8-2-1-7(11)3-9(8)14/h1-5,14H,11H2. The minimum absolute atomic E-state index is 0.0739. The van der Waals surface area contributed by atoms with Crippen LogP contribution in [-0.2, 0) is 0 Å². The van der Waals surface area contributed by atoms with Crippen molar-refractivity contribution in [3.63, 3.8) is 0 Å². The lowest BCUT2D eigenvalue weighted by Gasteiger charge is -2.04. The minimum atomic E-state index is 0.0739. The summed E-state index contributed by atoms with van der Waals surface area (Å²) < 4.78 is 1.48. The molecule has 0 amide bonds. The highest BCUT2D eigenvalue weighted by atomic mass is 35.5. The monoisotopic (exact) mass is 209 g/mol. The van der Waals surface area contributed by atoms with Crippen LogP contribution in [0.15, 0.2) is 30.6 Å². The zero-order valence-corrected chi connectivity index (χ0v) is 7.94.